The summed E-state index contributed by atoms with van der Waals surface area (Å²) in [6.07, 6.45) is 6.40. The molecular formula is C31H35N2OS+. The summed E-state index contributed by atoms with van der Waals surface area (Å²) in [5.74, 6) is 0.153. The van der Waals surface area contributed by atoms with Crippen LogP contribution in [0.4, 0.5) is 11.4 Å². The fourth-order valence-corrected chi connectivity index (χ4v) is 6.82. The van der Waals surface area contributed by atoms with Crippen LogP contribution in [0.1, 0.15) is 52.7 Å². The first-order valence-electron chi connectivity index (χ1n) is 12.6. The van der Waals surface area contributed by atoms with Crippen molar-refractivity contribution >= 4 is 34.6 Å². The van der Waals surface area contributed by atoms with Crippen LogP contribution < -0.4 is 4.90 Å². The molecule has 2 aromatic carbocycles. The minimum atomic E-state index is -0.147. The number of ketones is 1. The second-order valence-electron chi connectivity index (χ2n) is 10.5. The van der Waals surface area contributed by atoms with Gasteiger partial charge in [0, 0.05) is 57.1 Å². The van der Waals surface area contributed by atoms with E-state index in [-0.39, 0.29) is 16.6 Å². The van der Waals surface area contributed by atoms with Crippen LogP contribution in [-0.4, -0.2) is 35.4 Å². The lowest BCUT2D eigenvalue weighted by atomic mass is 9.78. The Balaban J connectivity index is 1.61. The van der Waals surface area contributed by atoms with E-state index in [1.54, 1.807) is 11.8 Å². The maximum Gasteiger partial charge on any atom is 0.209 e. The van der Waals surface area contributed by atoms with Crippen molar-refractivity contribution in [2.75, 3.05) is 24.2 Å². The maximum atomic E-state index is 13.6. The first-order chi connectivity index (χ1) is 16.7. The van der Waals surface area contributed by atoms with Crippen LogP contribution in [0.2, 0.25) is 0 Å². The average Bonchev–Trinajstić information content (AvgIpc) is 3.21. The molecule has 0 aromatic heterocycles. The molecule has 3 nitrogen and oxygen atoms in total. The van der Waals surface area contributed by atoms with Gasteiger partial charge in [0.2, 0.25) is 5.69 Å². The van der Waals surface area contributed by atoms with Gasteiger partial charge >= 0.3 is 0 Å². The molecule has 1 aliphatic carbocycles. The van der Waals surface area contributed by atoms with Gasteiger partial charge < -0.3 is 4.90 Å². The van der Waals surface area contributed by atoms with Gasteiger partial charge in [0.15, 0.2) is 11.5 Å². The second-order valence-corrected chi connectivity index (χ2v) is 11.3. The molecule has 0 radical (unpaired) electrons. The van der Waals surface area contributed by atoms with E-state index < -0.39 is 0 Å². The van der Waals surface area contributed by atoms with Gasteiger partial charge in [-0.2, -0.15) is 4.58 Å². The second kappa shape index (κ2) is 8.37. The smallest absolute Gasteiger partial charge is 0.209 e. The number of allylic oxidation sites excluding steroid dienone is 5. The summed E-state index contributed by atoms with van der Waals surface area (Å²) in [5.41, 5.74) is 8.93. The molecule has 0 unspecified atom stereocenters. The molecule has 0 atom stereocenters. The Bertz CT molecular complexity index is 1370. The summed E-state index contributed by atoms with van der Waals surface area (Å²) in [6, 6.07) is 17.2. The van der Waals surface area contributed by atoms with Gasteiger partial charge in [-0.15, -0.1) is 11.8 Å². The molecule has 5 rings (SSSR count). The number of rotatable bonds is 5. The number of hydrogen-bond donors (Lipinski definition) is 0. The van der Waals surface area contributed by atoms with Crippen LogP contribution in [0.3, 0.4) is 0 Å². The Labute approximate surface area is 213 Å². The number of carbonyl (C=O) groups excluding carboxylic acids is 1. The SMILES string of the molecule is CCN1C(=CC2=C(SC)C(=CC3=[N+](CC)c4ccccc4C3(C)C)C2=O)C(C)(C)c2ccccc21. The predicted octanol–water partition coefficient (Wildman–Crippen LogP) is 6.91. The molecule has 0 bridgehead atoms. The van der Waals surface area contributed by atoms with Crippen molar-refractivity contribution in [3.05, 3.63) is 93.6 Å². The molecule has 3 aliphatic rings. The van der Waals surface area contributed by atoms with Crippen molar-refractivity contribution in [2.45, 2.75) is 52.4 Å². The molecule has 4 heteroatoms. The van der Waals surface area contributed by atoms with Crippen LogP contribution in [-0.2, 0) is 15.6 Å². The zero-order valence-corrected chi connectivity index (χ0v) is 22.7. The first-order valence-corrected chi connectivity index (χ1v) is 13.8. The van der Waals surface area contributed by atoms with Crippen molar-refractivity contribution < 1.29 is 9.37 Å². The maximum absolute atomic E-state index is 13.6. The van der Waals surface area contributed by atoms with Gasteiger partial charge in [-0.05, 0) is 51.7 Å². The highest BCUT2D eigenvalue weighted by Crippen LogP contribution is 2.50. The van der Waals surface area contributed by atoms with E-state index in [2.05, 4.69) is 118 Å². The van der Waals surface area contributed by atoms with E-state index in [0.717, 1.165) is 29.1 Å². The lowest BCUT2D eigenvalue weighted by molar-refractivity contribution is -0.433. The van der Waals surface area contributed by atoms with Crippen molar-refractivity contribution in [3.63, 3.8) is 0 Å². The molecule has 35 heavy (non-hydrogen) atoms. The van der Waals surface area contributed by atoms with Crippen molar-refractivity contribution in [3.8, 4) is 0 Å². The van der Waals surface area contributed by atoms with E-state index in [0.29, 0.717) is 0 Å². The summed E-state index contributed by atoms with van der Waals surface area (Å²) < 4.78 is 2.36. The topological polar surface area (TPSA) is 23.3 Å². The van der Waals surface area contributed by atoms with Crippen LogP contribution in [0, 0.1) is 0 Å². The Hall–Kier alpha value is -2.85. The van der Waals surface area contributed by atoms with Crippen molar-refractivity contribution in [1.29, 1.82) is 0 Å². The Kier molecular flexibility index (Phi) is 5.71. The van der Waals surface area contributed by atoms with Gasteiger partial charge in [-0.3, -0.25) is 4.79 Å². The zero-order chi connectivity index (χ0) is 25.1. The van der Waals surface area contributed by atoms with Gasteiger partial charge in [0.05, 0.1) is 5.41 Å². The normalized spacial score (nSPS) is 22.3. The molecule has 0 fully saturated rings. The van der Waals surface area contributed by atoms with Crippen molar-refractivity contribution in [2.24, 2.45) is 0 Å². The summed E-state index contributed by atoms with van der Waals surface area (Å²) in [7, 11) is 0. The number of thioether (sulfide) groups is 1. The van der Waals surface area contributed by atoms with Crippen molar-refractivity contribution in [1.82, 2.24) is 0 Å². The molecule has 0 N–H and O–H groups in total. The minimum Gasteiger partial charge on any atom is -0.344 e. The molecule has 2 heterocycles. The van der Waals surface area contributed by atoms with Crippen LogP contribution in [0.5, 0.6) is 0 Å². The fourth-order valence-electron chi connectivity index (χ4n) is 6.07. The number of likely N-dealkylation sites (N-methyl/N-ethyl adjacent to an activating group) is 1. The molecular weight excluding hydrogens is 448 g/mol. The lowest BCUT2D eigenvalue weighted by Gasteiger charge is -2.29. The summed E-state index contributed by atoms with van der Waals surface area (Å²) in [4.78, 5) is 17.1. The van der Waals surface area contributed by atoms with Crippen LogP contribution in [0.25, 0.3) is 0 Å². The first kappa shape index (κ1) is 23.9. The van der Waals surface area contributed by atoms with Gasteiger partial charge in [0.1, 0.15) is 6.54 Å². The fraction of sp³-hybridized carbons (Fsp3) is 0.355. The van der Waals surface area contributed by atoms with E-state index >= 15 is 0 Å². The summed E-state index contributed by atoms with van der Waals surface area (Å²) in [6.45, 7) is 15.2. The highest BCUT2D eigenvalue weighted by molar-refractivity contribution is 8.02. The molecule has 0 amide bonds. The largest absolute Gasteiger partial charge is 0.344 e. The van der Waals surface area contributed by atoms with E-state index in [4.69, 9.17) is 0 Å². The monoisotopic (exact) mass is 483 g/mol. The molecule has 2 aliphatic heterocycles. The molecule has 0 saturated heterocycles. The van der Waals surface area contributed by atoms with Gasteiger partial charge in [0.25, 0.3) is 0 Å². The zero-order valence-electron chi connectivity index (χ0n) is 21.9. The van der Waals surface area contributed by atoms with Gasteiger partial charge in [-0.25, -0.2) is 0 Å². The highest BCUT2D eigenvalue weighted by atomic mass is 32.2. The molecule has 0 saturated carbocycles. The Morgan fingerprint density at radius 1 is 0.914 bits per heavy atom. The minimum absolute atomic E-state index is 0.147. The number of benzene rings is 2. The van der Waals surface area contributed by atoms with E-state index in [1.807, 2.05) is 0 Å². The summed E-state index contributed by atoms with van der Waals surface area (Å²) in [5, 5.41) is 0. The number of carbonyl (C=O) groups is 1. The third-order valence-corrected chi connectivity index (χ3v) is 8.82. The predicted molar refractivity (Wildman–Crippen MR) is 149 cm³/mol. The number of anilines is 1. The molecule has 0 spiro atoms. The number of para-hydroxylation sites is 2. The summed E-state index contributed by atoms with van der Waals surface area (Å²) >= 11 is 1.68. The Morgan fingerprint density at radius 2 is 1.57 bits per heavy atom. The molecule has 180 valence electrons. The van der Waals surface area contributed by atoms with Crippen LogP contribution >= 0.6 is 11.8 Å². The average molecular weight is 484 g/mol. The lowest BCUT2D eigenvalue weighted by Crippen LogP contribution is -2.31. The third-order valence-electron chi connectivity index (χ3n) is 7.98. The molecule has 2 aromatic rings. The Morgan fingerprint density at radius 3 is 2.23 bits per heavy atom. The number of fused-ring (bicyclic) bond motifs is 2. The number of Topliss-reactive ketones (excluding diaryl/α,β-unsaturated/α-hetero) is 1. The van der Waals surface area contributed by atoms with Gasteiger partial charge in [-0.1, -0.05) is 50.2 Å². The standard InChI is InChI=1S/C31H35N2OS/c1-8-32-24-16-12-10-14-22(24)30(3,4)26(32)18-20-28(34)21(29(20)35-7)19-27-31(5,6)23-15-11-13-17-25(23)33(27)9-2/h10-19H,8-9H2,1-7H3/q+1. The highest BCUT2D eigenvalue weighted by Gasteiger charge is 2.46. The van der Waals surface area contributed by atoms with E-state index in [1.165, 1.54) is 33.9 Å². The number of hydrogen-bond acceptors (Lipinski definition) is 3. The van der Waals surface area contributed by atoms with E-state index in [9.17, 15) is 4.79 Å². The number of nitrogens with zero attached hydrogens (tertiary/aromatic N) is 2. The quantitative estimate of drug-likeness (QED) is 0.341. The third kappa shape index (κ3) is 3.33. The van der Waals surface area contributed by atoms with Crippen LogP contribution in [0.15, 0.2) is 82.4 Å².